The van der Waals surface area contributed by atoms with Crippen LogP contribution in [0.5, 0.6) is 0 Å². The maximum atomic E-state index is 5.21. The van der Waals surface area contributed by atoms with Gasteiger partial charge in [0.1, 0.15) is 0 Å². The first-order valence-corrected chi connectivity index (χ1v) is 6.39. The van der Waals surface area contributed by atoms with Gasteiger partial charge in [-0.15, -0.1) is 0 Å². The van der Waals surface area contributed by atoms with Crippen LogP contribution < -0.4 is 5.32 Å². The fraction of sp³-hybridized carbons (Fsp3) is 0.769. The molecule has 1 N–H and O–H groups in total. The number of imidazole rings is 1. The first-order chi connectivity index (χ1) is 8.43. The predicted octanol–water partition coefficient (Wildman–Crippen LogP) is 1.76. The van der Waals surface area contributed by atoms with Gasteiger partial charge in [0.25, 0.3) is 0 Å². The van der Waals surface area contributed by atoms with Gasteiger partial charge in [-0.1, -0.05) is 0 Å². The van der Waals surface area contributed by atoms with Crippen molar-refractivity contribution in [2.45, 2.75) is 32.9 Å². The zero-order valence-corrected chi connectivity index (χ0v) is 12.4. The van der Waals surface area contributed by atoms with Gasteiger partial charge in [0.05, 0.1) is 18.3 Å². The third-order valence-corrected chi connectivity index (χ3v) is 2.75. The van der Waals surface area contributed by atoms with Crippen molar-refractivity contribution in [3.63, 3.8) is 0 Å². The lowest BCUT2D eigenvalue weighted by molar-refractivity contribution is 0.163. The molecule has 0 amide bonds. The maximum Gasteiger partial charge on any atom is 0.203 e. The third-order valence-electron chi connectivity index (χ3n) is 2.75. The summed E-state index contributed by atoms with van der Waals surface area (Å²) in [5.74, 6) is 0.923. The molecule has 5 nitrogen and oxygen atoms in total. The van der Waals surface area contributed by atoms with E-state index in [4.69, 9.17) is 4.74 Å². The van der Waals surface area contributed by atoms with Crippen molar-refractivity contribution in [1.82, 2.24) is 14.5 Å². The monoisotopic (exact) mass is 254 g/mol. The highest BCUT2D eigenvalue weighted by atomic mass is 16.5. The Morgan fingerprint density at radius 3 is 2.67 bits per heavy atom. The lowest BCUT2D eigenvalue weighted by Crippen LogP contribution is -2.31. The lowest BCUT2D eigenvalue weighted by Gasteiger charge is -2.21. The predicted molar refractivity (Wildman–Crippen MR) is 75.2 cm³/mol. The number of nitrogens with one attached hydrogen (secondary N) is 1. The zero-order valence-electron chi connectivity index (χ0n) is 12.4. The summed E-state index contributed by atoms with van der Waals surface area (Å²) in [5.41, 5.74) is 1.03. The Morgan fingerprint density at radius 2 is 2.11 bits per heavy atom. The molecule has 1 aromatic heterocycles. The van der Waals surface area contributed by atoms with Crippen LogP contribution in [0.15, 0.2) is 6.20 Å². The quantitative estimate of drug-likeness (QED) is 0.805. The van der Waals surface area contributed by atoms with E-state index in [-0.39, 0.29) is 6.04 Å². The molecule has 0 bridgehead atoms. The van der Waals surface area contributed by atoms with E-state index in [2.05, 4.69) is 53.9 Å². The van der Waals surface area contributed by atoms with Crippen molar-refractivity contribution in [1.29, 1.82) is 0 Å². The summed E-state index contributed by atoms with van der Waals surface area (Å²) >= 11 is 0. The number of rotatable bonds is 7. The molecule has 0 aliphatic carbocycles. The molecular formula is C13H26N4O. The van der Waals surface area contributed by atoms with Gasteiger partial charge in [-0.25, -0.2) is 4.98 Å². The van der Waals surface area contributed by atoms with Crippen LogP contribution in [-0.4, -0.2) is 54.8 Å². The molecule has 0 saturated carbocycles. The average Bonchev–Trinajstić information content (AvgIpc) is 2.58. The van der Waals surface area contributed by atoms with E-state index in [0.29, 0.717) is 12.6 Å². The van der Waals surface area contributed by atoms with E-state index in [1.807, 2.05) is 6.92 Å². The Hall–Kier alpha value is -1.07. The normalized spacial score (nSPS) is 14.8. The van der Waals surface area contributed by atoms with Crippen LogP contribution in [0.4, 0.5) is 5.95 Å². The van der Waals surface area contributed by atoms with Gasteiger partial charge in [-0.3, -0.25) is 0 Å². The minimum absolute atomic E-state index is 0.283. The highest BCUT2D eigenvalue weighted by Crippen LogP contribution is 2.17. The number of hydrogen-bond donors (Lipinski definition) is 1. The van der Waals surface area contributed by atoms with Crippen molar-refractivity contribution in [3.8, 4) is 0 Å². The number of hydrogen-bond acceptors (Lipinski definition) is 4. The molecule has 18 heavy (non-hydrogen) atoms. The molecule has 0 spiro atoms. The Bertz CT molecular complexity index is 362. The lowest BCUT2D eigenvalue weighted by atomic mass is 10.3. The molecule has 0 fully saturated rings. The second-order valence-electron chi connectivity index (χ2n) is 5.23. The van der Waals surface area contributed by atoms with E-state index in [1.165, 1.54) is 0 Å². The molecule has 1 aromatic rings. The Kier molecular flexibility index (Phi) is 5.62. The van der Waals surface area contributed by atoms with E-state index >= 15 is 0 Å². The van der Waals surface area contributed by atoms with Crippen LogP contribution in [0, 0.1) is 6.92 Å². The molecule has 0 saturated heterocycles. The molecule has 104 valence electrons. The van der Waals surface area contributed by atoms with Crippen LogP contribution in [0.1, 0.15) is 25.6 Å². The van der Waals surface area contributed by atoms with Gasteiger partial charge in [0.15, 0.2) is 0 Å². The molecule has 2 atom stereocenters. The fourth-order valence-electron chi connectivity index (χ4n) is 2.09. The molecular weight excluding hydrogens is 228 g/mol. The number of ether oxygens (including phenoxy) is 1. The molecule has 1 rings (SSSR count). The first kappa shape index (κ1) is 15.0. The Balaban J connectivity index is 2.75. The summed E-state index contributed by atoms with van der Waals surface area (Å²) in [7, 11) is 5.87. The van der Waals surface area contributed by atoms with E-state index < -0.39 is 0 Å². The van der Waals surface area contributed by atoms with Crippen molar-refractivity contribution >= 4 is 5.95 Å². The van der Waals surface area contributed by atoms with Crippen LogP contribution in [0.2, 0.25) is 0 Å². The first-order valence-electron chi connectivity index (χ1n) is 6.39. The molecule has 0 radical (unpaired) electrons. The highest BCUT2D eigenvalue weighted by molar-refractivity contribution is 5.31. The summed E-state index contributed by atoms with van der Waals surface area (Å²) in [6.45, 7) is 7.97. The number of likely N-dealkylation sites (N-methyl/N-ethyl adjacent to an activating group) is 1. The SMILES string of the molecule is COCC(C)n1cc(C)nc1NC(C)CN(C)C. The second kappa shape index (κ2) is 6.75. The average molecular weight is 254 g/mol. The Labute approximate surface area is 110 Å². The third kappa shape index (κ3) is 4.31. The zero-order chi connectivity index (χ0) is 13.7. The molecule has 0 aliphatic rings. The summed E-state index contributed by atoms with van der Waals surface area (Å²) < 4.78 is 7.35. The number of aromatic nitrogens is 2. The number of aryl methyl sites for hydroxylation is 1. The summed E-state index contributed by atoms with van der Waals surface area (Å²) in [4.78, 5) is 6.70. The largest absolute Gasteiger partial charge is 0.383 e. The van der Waals surface area contributed by atoms with E-state index in [0.717, 1.165) is 18.2 Å². The van der Waals surface area contributed by atoms with Crippen LogP contribution in [-0.2, 0) is 4.74 Å². The van der Waals surface area contributed by atoms with E-state index in [9.17, 15) is 0 Å². The molecule has 0 aromatic carbocycles. The van der Waals surface area contributed by atoms with Gasteiger partial charge in [0, 0.05) is 25.9 Å². The minimum Gasteiger partial charge on any atom is -0.383 e. The van der Waals surface area contributed by atoms with Gasteiger partial charge in [-0.2, -0.15) is 0 Å². The topological polar surface area (TPSA) is 42.3 Å². The summed E-state index contributed by atoms with van der Waals surface area (Å²) in [6.07, 6.45) is 2.06. The second-order valence-corrected chi connectivity index (χ2v) is 5.23. The van der Waals surface area contributed by atoms with Gasteiger partial charge >= 0.3 is 0 Å². The van der Waals surface area contributed by atoms with Crippen molar-refractivity contribution in [3.05, 3.63) is 11.9 Å². The van der Waals surface area contributed by atoms with E-state index in [1.54, 1.807) is 7.11 Å². The highest BCUT2D eigenvalue weighted by Gasteiger charge is 2.13. The maximum absolute atomic E-state index is 5.21. The van der Waals surface area contributed by atoms with Gasteiger partial charge in [0.2, 0.25) is 5.95 Å². The van der Waals surface area contributed by atoms with Crippen molar-refractivity contribution in [2.24, 2.45) is 0 Å². The van der Waals surface area contributed by atoms with Crippen LogP contribution in [0.3, 0.4) is 0 Å². The Morgan fingerprint density at radius 1 is 1.44 bits per heavy atom. The van der Waals surface area contributed by atoms with Crippen LogP contribution >= 0.6 is 0 Å². The standard InChI is InChI=1S/C13H26N4O/c1-10(7-16(4)5)14-13-15-11(2)8-17(13)12(3)9-18-6/h8,10,12H,7,9H2,1-6H3,(H,14,15). The summed E-state index contributed by atoms with van der Waals surface area (Å²) in [5, 5.41) is 3.46. The molecule has 5 heteroatoms. The molecule has 2 unspecified atom stereocenters. The number of nitrogens with zero attached hydrogens (tertiary/aromatic N) is 3. The smallest absolute Gasteiger partial charge is 0.203 e. The van der Waals surface area contributed by atoms with Crippen molar-refractivity contribution < 1.29 is 4.74 Å². The molecule has 0 aliphatic heterocycles. The van der Waals surface area contributed by atoms with Crippen molar-refractivity contribution in [2.75, 3.05) is 39.7 Å². The number of methoxy groups -OCH3 is 1. The molecule has 1 heterocycles. The van der Waals surface area contributed by atoms with Crippen LogP contribution in [0.25, 0.3) is 0 Å². The van der Waals surface area contributed by atoms with Gasteiger partial charge < -0.3 is 19.5 Å². The summed E-state index contributed by atoms with van der Waals surface area (Å²) in [6, 6.07) is 0.639. The van der Waals surface area contributed by atoms with Gasteiger partial charge in [-0.05, 0) is 34.9 Å². The number of anilines is 1. The minimum atomic E-state index is 0.283. The fourth-order valence-corrected chi connectivity index (χ4v) is 2.09.